The molecule has 2 N–H and O–H groups in total. The maximum Gasteiger partial charge on any atom is 0.322 e. The predicted octanol–water partition coefficient (Wildman–Crippen LogP) is 5.11. The number of anilines is 1. The van der Waals surface area contributed by atoms with Crippen LogP contribution in [0.25, 0.3) is 10.9 Å². The van der Waals surface area contributed by atoms with Crippen molar-refractivity contribution in [3.05, 3.63) is 99.5 Å². The van der Waals surface area contributed by atoms with Gasteiger partial charge in [0.25, 0.3) is 5.56 Å². The number of carbonyl (C=O) groups excluding carboxylic acids is 1. The number of hydrogen-bond donors (Lipinski definition) is 2. The number of carbonyl (C=O) groups is 1. The third kappa shape index (κ3) is 4.50. The topological polar surface area (TPSA) is 78.3 Å². The third-order valence-corrected chi connectivity index (χ3v) is 5.19. The summed E-state index contributed by atoms with van der Waals surface area (Å²) in [5.41, 5.74) is 3.47. The van der Waals surface area contributed by atoms with Crippen molar-refractivity contribution in [3.63, 3.8) is 0 Å². The van der Waals surface area contributed by atoms with Crippen LogP contribution in [0.1, 0.15) is 22.5 Å². The molecule has 0 aliphatic rings. The summed E-state index contributed by atoms with van der Waals surface area (Å²) in [5.74, 6) is 0.192. The Kier molecular flexibility index (Phi) is 5.58. The predicted molar refractivity (Wildman–Crippen MR) is 117 cm³/mol. The second-order valence-electron chi connectivity index (χ2n) is 7.48. The van der Waals surface area contributed by atoms with Crippen molar-refractivity contribution in [2.75, 3.05) is 5.32 Å². The molecule has 2 aromatic heterocycles. The molecule has 31 heavy (non-hydrogen) atoms. The van der Waals surface area contributed by atoms with E-state index in [0.717, 1.165) is 22.0 Å². The van der Waals surface area contributed by atoms with Crippen molar-refractivity contribution in [1.82, 2.24) is 9.88 Å². The van der Waals surface area contributed by atoms with Crippen molar-refractivity contribution in [1.29, 1.82) is 0 Å². The fourth-order valence-corrected chi connectivity index (χ4v) is 3.47. The summed E-state index contributed by atoms with van der Waals surface area (Å²) in [6.45, 7) is 4.17. The zero-order valence-corrected chi connectivity index (χ0v) is 17.2. The van der Waals surface area contributed by atoms with Crippen LogP contribution in [0.4, 0.5) is 14.9 Å². The van der Waals surface area contributed by atoms with Crippen LogP contribution in [0.15, 0.2) is 70.1 Å². The average molecular weight is 419 g/mol. The maximum absolute atomic E-state index is 13.2. The Morgan fingerprint density at radius 3 is 2.52 bits per heavy atom. The maximum atomic E-state index is 13.2. The second-order valence-corrected chi connectivity index (χ2v) is 7.48. The van der Waals surface area contributed by atoms with E-state index >= 15 is 0 Å². The number of furan rings is 1. The molecular formula is C24H22FN3O3. The summed E-state index contributed by atoms with van der Waals surface area (Å²) in [6, 6.07) is 14.4. The van der Waals surface area contributed by atoms with Gasteiger partial charge in [0, 0.05) is 16.6 Å². The number of nitrogens with one attached hydrogen (secondary N) is 2. The molecule has 158 valence electrons. The van der Waals surface area contributed by atoms with E-state index < -0.39 is 6.03 Å². The molecule has 0 radical (unpaired) electrons. The number of hydrogen-bond acceptors (Lipinski definition) is 3. The van der Waals surface area contributed by atoms with Crippen LogP contribution in [0.5, 0.6) is 0 Å². The van der Waals surface area contributed by atoms with Gasteiger partial charge in [-0.2, -0.15) is 0 Å². The Bertz CT molecular complexity index is 1280. The molecule has 0 saturated heterocycles. The number of H-pyrrole nitrogens is 1. The van der Waals surface area contributed by atoms with Gasteiger partial charge in [-0.1, -0.05) is 12.1 Å². The molecule has 0 spiro atoms. The molecule has 2 aromatic carbocycles. The lowest BCUT2D eigenvalue weighted by Gasteiger charge is -2.22. The Morgan fingerprint density at radius 1 is 1.06 bits per heavy atom. The van der Waals surface area contributed by atoms with Crippen molar-refractivity contribution >= 4 is 22.6 Å². The molecular weight excluding hydrogens is 397 g/mol. The third-order valence-electron chi connectivity index (χ3n) is 5.19. The lowest BCUT2D eigenvalue weighted by Crippen LogP contribution is -2.35. The molecule has 0 fully saturated rings. The van der Waals surface area contributed by atoms with Gasteiger partial charge in [-0.3, -0.25) is 4.79 Å². The zero-order chi connectivity index (χ0) is 22.0. The van der Waals surface area contributed by atoms with E-state index in [2.05, 4.69) is 10.3 Å². The van der Waals surface area contributed by atoms with Gasteiger partial charge in [-0.15, -0.1) is 0 Å². The highest BCUT2D eigenvalue weighted by atomic mass is 19.1. The van der Waals surface area contributed by atoms with E-state index in [9.17, 15) is 14.0 Å². The van der Waals surface area contributed by atoms with Gasteiger partial charge in [-0.05, 0) is 67.4 Å². The van der Waals surface area contributed by atoms with Crippen LogP contribution in [-0.4, -0.2) is 15.9 Å². The van der Waals surface area contributed by atoms with Crippen LogP contribution in [-0.2, 0) is 13.1 Å². The van der Waals surface area contributed by atoms with Crippen LogP contribution >= 0.6 is 0 Å². The summed E-state index contributed by atoms with van der Waals surface area (Å²) in [7, 11) is 0. The SMILES string of the molecule is Cc1ccc(C)c2[nH]c(=O)c(CN(Cc3ccco3)C(=O)Nc3ccc(F)cc3)cc12. The van der Waals surface area contributed by atoms with Gasteiger partial charge in [0.1, 0.15) is 11.6 Å². The van der Waals surface area contributed by atoms with Crippen molar-refractivity contribution < 1.29 is 13.6 Å². The smallest absolute Gasteiger partial charge is 0.322 e. The lowest BCUT2D eigenvalue weighted by molar-refractivity contribution is 0.201. The summed E-state index contributed by atoms with van der Waals surface area (Å²) in [4.78, 5) is 30.2. The molecule has 0 atom stereocenters. The van der Waals surface area contributed by atoms with Crippen molar-refractivity contribution in [2.45, 2.75) is 26.9 Å². The molecule has 4 rings (SSSR count). The van der Waals surface area contributed by atoms with E-state index in [1.807, 2.05) is 32.0 Å². The Balaban J connectivity index is 1.66. The highest BCUT2D eigenvalue weighted by Crippen LogP contribution is 2.21. The van der Waals surface area contributed by atoms with Gasteiger partial charge in [0.15, 0.2) is 0 Å². The number of urea groups is 1. The quantitative estimate of drug-likeness (QED) is 0.472. The zero-order valence-electron chi connectivity index (χ0n) is 17.2. The number of rotatable bonds is 5. The van der Waals surface area contributed by atoms with Crippen LogP contribution in [0.2, 0.25) is 0 Å². The van der Waals surface area contributed by atoms with Gasteiger partial charge in [0.05, 0.1) is 24.9 Å². The van der Waals surface area contributed by atoms with Crippen LogP contribution in [0, 0.1) is 19.7 Å². The van der Waals surface area contributed by atoms with E-state index in [1.165, 1.54) is 35.4 Å². The van der Waals surface area contributed by atoms with Gasteiger partial charge in [-0.25, -0.2) is 9.18 Å². The number of fused-ring (bicyclic) bond motifs is 1. The molecule has 0 bridgehead atoms. The molecule has 0 aliphatic carbocycles. The molecule has 4 aromatic rings. The highest BCUT2D eigenvalue weighted by Gasteiger charge is 2.19. The number of nitrogens with zero attached hydrogens (tertiary/aromatic N) is 1. The number of aryl methyl sites for hydroxylation is 2. The average Bonchev–Trinajstić information content (AvgIpc) is 3.26. The van der Waals surface area contributed by atoms with Gasteiger partial charge < -0.3 is 19.6 Å². The van der Waals surface area contributed by atoms with E-state index in [0.29, 0.717) is 17.0 Å². The first-order chi connectivity index (χ1) is 14.9. The Morgan fingerprint density at radius 2 is 1.81 bits per heavy atom. The minimum atomic E-state index is -0.427. The molecule has 0 unspecified atom stereocenters. The minimum absolute atomic E-state index is 0.0758. The molecule has 0 aliphatic heterocycles. The largest absolute Gasteiger partial charge is 0.467 e. The lowest BCUT2D eigenvalue weighted by atomic mass is 10.0. The number of aromatic nitrogens is 1. The van der Waals surface area contributed by atoms with Gasteiger partial charge >= 0.3 is 6.03 Å². The molecule has 2 amide bonds. The summed E-state index contributed by atoms with van der Waals surface area (Å²) in [5, 5.41) is 3.68. The fraction of sp³-hybridized carbons (Fsp3) is 0.167. The van der Waals surface area contributed by atoms with Crippen LogP contribution in [0.3, 0.4) is 0 Å². The monoisotopic (exact) mass is 419 g/mol. The van der Waals surface area contributed by atoms with E-state index in [4.69, 9.17) is 4.42 Å². The first-order valence-electron chi connectivity index (χ1n) is 9.86. The van der Waals surface area contributed by atoms with E-state index in [1.54, 1.807) is 12.1 Å². The fourth-order valence-electron chi connectivity index (χ4n) is 3.47. The summed E-state index contributed by atoms with van der Waals surface area (Å²) < 4.78 is 18.6. The van der Waals surface area contributed by atoms with Crippen molar-refractivity contribution in [3.8, 4) is 0 Å². The second kappa shape index (κ2) is 8.47. The normalized spacial score (nSPS) is 10.9. The highest BCUT2D eigenvalue weighted by molar-refractivity contribution is 5.89. The number of aromatic amines is 1. The number of amides is 2. The Labute approximate surface area is 178 Å². The molecule has 2 heterocycles. The van der Waals surface area contributed by atoms with E-state index in [-0.39, 0.29) is 24.5 Å². The minimum Gasteiger partial charge on any atom is -0.467 e. The summed E-state index contributed by atoms with van der Waals surface area (Å²) >= 11 is 0. The number of pyridine rings is 1. The van der Waals surface area contributed by atoms with Crippen LogP contribution < -0.4 is 10.9 Å². The first kappa shape index (κ1) is 20.4. The van der Waals surface area contributed by atoms with Crippen molar-refractivity contribution in [2.24, 2.45) is 0 Å². The molecule has 0 saturated carbocycles. The molecule has 6 nitrogen and oxygen atoms in total. The number of halogens is 1. The van der Waals surface area contributed by atoms with Gasteiger partial charge in [0.2, 0.25) is 0 Å². The standard InChI is InChI=1S/C24H22FN3O3/c1-15-5-6-16(2)22-21(15)12-17(23(29)27-22)13-28(14-20-4-3-11-31-20)24(30)26-19-9-7-18(25)8-10-19/h3-12H,13-14H2,1-2H3,(H,26,30)(H,27,29). The summed E-state index contributed by atoms with van der Waals surface area (Å²) in [6.07, 6.45) is 1.53. The number of benzene rings is 2. The first-order valence-corrected chi connectivity index (χ1v) is 9.86. The molecule has 7 heteroatoms. The Hall–Kier alpha value is -3.87.